The van der Waals surface area contributed by atoms with Crippen LogP contribution in [0.4, 0.5) is 4.39 Å². The molecule has 0 aliphatic carbocycles. The number of hydrogen-bond acceptors (Lipinski definition) is 2. The van der Waals surface area contributed by atoms with Crippen molar-refractivity contribution in [3.8, 4) is 11.1 Å². The van der Waals surface area contributed by atoms with Crippen LogP contribution < -0.4 is 0 Å². The van der Waals surface area contributed by atoms with Crippen LogP contribution in [0, 0.1) is 12.7 Å². The molecule has 0 spiro atoms. The van der Waals surface area contributed by atoms with E-state index >= 15 is 0 Å². The lowest BCUT2D eigenvalue weighted by Crippen LogP contribution is -2.00. The zero-order valence-corrected chi connectivity index (χ0v) is 14.9. The van der Waals surface area contributed by atoms with Crippen LogP contribution in [0.3, 0.4) is 0 Å². The zero-order valence-electron chi connectivity index (χ0n) is 14.2. The van der Waals surface area contributed by atoms with Crippen molar-refractivity contribution in [2.24, 2.45) is 0 Å². The average molecular weight is 354 g/mol. The van der Waals surface area contributed by atoms with Gasteiger partial charge in [0.05, 0.1) is 17.2 Å². The molecule has 0 radical (unpaired) electrons. The highest BCUT2D eigenvalue weighted by Gasteiger charge is 2.20. The lowest BCUT2D eigenvalue weighted by Gasteiger charge is -2.18. The predicted molar refractivity (Wildman–Crippen MR) is 101 cm³/mol. The first-order valence-corrected chi connectivity index (χ1v) is 8.57. The second-order valence-electron chi connectivity index (χ2n) is 6.58. The number of H-pyrrole nitrogens is 1. The lowest BCUT2D eigenvalue weighted by atomic mass is 9.89. The van der Waals surface area contributed by atoms with Gasteiger partial charge in [-0.05, 0) is 42.2 Å². The van der Waals surface area contributed by atoms with Gasteiger partial charge in [-0.3, -0.25) is 5.10 Å². The van der Waals surface area contributed by atoms with Crippen LogP contribution in [-0.2, 0) is 0 Å². The molecule has 0 fully saturated rings. The normalized spacial score (nSPS) is 11.8. The highest BCUT2D eigenvalue weighted by Crippen LogP contribution is 2.41. The monoisotopic (exact) mass is 353 g/mol. The van der Waals surface area contributed by atoms with Crippen molar-refractivity contribution >= 4 is 33.4 Å². The third-order valence-corrected chi connectivity index (χ3v) is 4.92. The van der Waals surface area contributed by atoms with Crippen LogP contribution in [0.25, 0.3) is 32.9 Å². The minimum atomic E-state index is -0.257. The van der Waals surface area contributed by atoms with Crippen molar-refractivity contribution in [3.05, 3.63) is 58.6 Å². The lowest BCUT2D eigenvalue weighted by molar-refractivity contribution is 0.628. The molecule has 3 nitrogen and oxygen atoms in total. The molecule has 4 aromatic rings. The molecule has 0 saturated heterocycles. The molecule has 0 bridgehead atoms. The van der Waals surface area contributed by atoms with E-state index in [4.69, 9.17) is 11.6 Å². The van der Waals surface area contributed by atoms with E-state index in [-0.39, 0.29) is 11.7 Å². The standard InChI is InChI=1S/C20H17ClFN3/c1-10(2)16-17(12-4-6-14(22)7-5-12)15-8-13-9-23-25-18(13)11(3)19(15)24-20(16)21/h4-10H,1-3H3,(H,23,25). The number of aromatic amines is 1. The molecule has 0 amide bonds. The quantitative estimate of drug-likeness (QED) is 0.449. The highest BCUT2D eigenvalue weighted by atomic mass is 35.5. The summed E-state index contributed by atoms with van der Waals surface area (Å²) in [6, 6.07) is 8.61. The molecule has 25 heavy (non-hydrogen) atoms. The van der Waals surface area contributed by atoms with E-state index in [2.05, 4.69) is 35.1 Å². The van der Waals surface area contributed by atoms with Gasteiger partial charge in [0, 0.05) is 21.9 Å². The van der Waals surface area contributed by atoms with Gasteiger partial charge in [0.2, 0.25) is 0 Å². The Morgan fingerprint density at radius 2 is 1.88 bits per heavy atom. The summed E-state index contributed by atoms with van der Waals surface area (Å²) in [4.78, 5) is 4.67. The molecule has 1 N–H and O–H groups in total. The number of halogens is 2. The third kappa shape index (κ3) is 2.48. The average Bonchev–Trinajstić information content (AvgIpc) is 3.04. The zero-order chi connectivity index (χ0) is 17.7. The second kappa shape index (κ2) is 5.81. The Balaban J connectivity index is 2.21. The Bertz CT molecular complexity index is 1100. The first kappa shape index (κ1) is 16.0. The van der Waals surface area contributed by atoms with Crippen LogP contribution in [-0.4, -0.2) is 15.2 Å². The summed E-state index contributed by atoms with van der Waals surface area (Å²) in [5.41, 5.74) is 5.72. The Morgan fingerprint density at radius 1 is 1.16 bits per heavy atom. The van der Waals surface area contributed by atoms with Crippen molar-refractivity contribution in [2.45, 2.75) is 26.7 Å². The SMILES string of the molecule is Cc1c2nc(Cl)c(C(C)C)c(-c3ccc(F)cc3)c2cc2cn[nH]c12. The van der Waals surface area contributed by atoms with Crippen molar-refractivity contribution in [1.82, 2.24) is 15.2 Å². The summed E-state index contributed by atoms with van der Waals surface area (Å²) >= 11 is 6.57. The number of nitrogens with one attached hydrogen (secondary N) is 1. The van der Waals surface area contributed by atoms with Crippen LogP contribution >= 0.6 is 11.6 Å². The maximum absolute atomic E-state index is 13.4. The molecule has 0 saturated carbocycles. The molecule has 5 heteroatoms. The van der Waals surface area contributed by atoms with E-state index in [0.717, 1.165) is 44.1 Å². The topological polar surface area (TPSA) is 41.6 Å². The summed E-state index contributed by atoms with van der Waals surface area (Å²) in [6.07, 6.45) is 1.81. The summed E-state index contributed by atoms with van der Waals surface area (Å²) in [6.45, 7) is 6.19. The van der Waals surface area contributed by atoms with E-state index in [1.165, 1.54) is 12.1 Å². The number of nitrogens with zero attached hydrogens (tertiary/aromatic N) is 2. The number of pyridine rings is 1. The summed E-state index contributed by atoms with van der Waals surface area (Å²) < 4.78 is 13.4. The van der Waals surface area contributed by atoms with Gasteiger partial charge in [0.1, 0.15) is 11.0 Å². The van der Waals surface area contributed by atoms with Gasteiger partial charge in [0.25, 0.3) is 0 Å². The Hall–Kier alpha value is -2.46. The number of benzene rings is 2. The van der Waals surface area contributed by atoms with Gasteiger partial charge in [-0.25, -0.2) is 9.37 Å². The molecule has 0 aliphatic rings. The van der Waals surface area contributed by atoms with E-state index < -0.39 is 0 Å². The van der Waals surface area contributed by atoms with E-state index in [1.54, 1.807) is 18.3 Å². The van der Waals surface area contributed by atoms with Gasteiger partial charge >= 0.3 is 0 Å². The number of fused-ring (bicyclic) bond motifs is 2. The summed E-state index contributed by atoms with van der Waals surface area (Å²) in [7, 11) is 0. The van der Waals surface area contributed by atoms with Crippen molar-refractivity contribution < 1.29 is 4.39 Å². The molecule has 126 valence electrons. The summed E-state index contributed by atoms with van der Waals surface area (Å²) in [5.74, 6) is -0.0717. The van der Waals surface area contributed by atoms with Gasteiger partial charge in [0.15, 0.2) is 0 Å². The number of aryl methyl sites for hydroxylation is 1. The van der Waals surface area contributed by atoms with Crippen LogP contribution in [0.15, 0.2) is 36.5 Å². The van der Waals surface area contributed by atoms with E-state index in [9.17, 15) is 4.39 Å². The molecule has 2 aromatic heterocycles. The van der Waals surface area contributed by atoms with Crippen molar-refractivity contribution in [2.75, 3.05) is 0 Å². The second-order valence-corrected chi connectivity index (χ2v) is 6.94. The molecule has 2 heterocycles. The minimum Gasteiger partial charge on any atom is -0.277 e. The van der Waals surface area contributed by atoms with Crippen molar-refractivity contribution in [3.63, 3.8) is 0 Å². The molecular weight excluding hydrogens is 337 g/mol. The molecule has 0 unspecified atom stereocenters. The largest absolute Gasteiger partial charge is 0.277 e. The fourth-order valence-electron chi connectivity index (χ4n) is 3.45. The van der Waals surface area contributed by atoms with Crippen LogP contribution in [0.2, 0.25) is 5.15 Å². The van der Waals surface area contributed by atoms with Gasteiger partial charge in [-0.15, -0.1) is 0 Å². The maximum atomic E-state index is 13.4. The first-order chi connectivity index (χ1) is 12.0. The Morgan fingerprint density at radius 3 is 2.56 bits per heavy atom. The highest BCUT2D eigenvalue weighted by molar-refractivity contribution is 6.31. The predicted octanol–water partition coefficient (Wildman–Crippen LogP) is 6.00. The Kier molecular flexibility index (Phi) is 3.73. The molecule has 2 aromatic carbocycles. The minimum absolute atomic E-state index is 0.185. The van der Waals surface area contributed by atoms with E-state index in [0.29, 0.717) is 5.15 Å². The molecular formula is C20H17ClFN3. The number of aromatic nitrogens is 3. The van der Waals surface area contributed by atoms with E-state index in [1.807, 2.05) is 6.92 Å². The van der Waals surface area contributed by atoms with Gasteiger partial charge < -0.3 is 0 Å². The fourth-order valence-corrected chi connectivity index (χ4v) is 3.84. The maximum Gasteiger partial charge on any atom is 0.133 e. The first-order valence-electron chi connectivity index (χ1n) is 8.19. The number of rotatable bonds is 2. The molecule has 0 atom stereocenters. The van der Waals surface area contributed by atoms with Crippen LogP contribution in [0.1, 0.15) is 30.9 Å². The number of hydrogen-bond donors (Lipinski definition) is 1. The van der Waals surface area contributed by atoms with Gasteiger partial charge in [-0.1, -0.05) is 37.6 Å². The van der Waals surface area contributed by atoms with Gasteiger partial charge in [-0.2, -0.15) is 5.10 Å². The van der Waals surface area contributed by atoms with Crippen LogP contribution in [0.5, 0.6) is 0 Å². The van der Waals surface area contributed by atoms with Crippen molar-refractivity contribution in [1.29, 1.82) is 0 Å². The third-order valence-electron chi connectivity index (χ3n) is 4.63. The summed E-state index contributed by atoms with van der Waals surface area (Å²) in [5, 5.41) is 9.68. The fraction of sp³-hybridized carbons (Fsp3) is 0.200. The smallest absolute Gasteiger partial charge is 0.133 e. The Labute approximate surface area is 149 Å². The molecule has 4 rings (SSSR count). The molecule has 0 aliphatic heterocycles.